The number of aliphatic hydroxyl groups excluding tert-OH is 1. The molecule has 1 unspecified atom stereocenters. The Bertz CT molecular complexity index is 183. The van der Waals surface area contributed by atoms with Crippen molar-refractivity contribution in [2.24, 2.45) is 5.41 Å². The highest BCUT2D eigenvalue weighted by Crippen LogP contribution is 2.23. The summed E-state index contributed by atoms with van der Waals surface area (Å²) in [7, 11) is 0. The SMILES string of the molecule is CCC(O)(CC)CNC(CCO)C(C)(C)C. The van der Waals surface area contributed by atoms with E-state index in [1.54, 1.807) is 0 Å². The second kappa shape index (κ2) is 6.58. The normalized spacial score (nSPS) is 15.2. The molecule has 16 heavy (non-hydrogen) atoms. The summed E-state index contributed by atoms with van der Waals surface area (Å²) in [6.45, 7) is 11.2. The van der Waals surface area contributed by atoms with E-state index in [-0.39, 0.29) is 18.1 Å². The van der Waals surface area contributed by atoms with Gasteiger partial charge in [0, 0.05) is 19.2 Å². The van der Waals surface area contributed by atoms with Crippen molar-refractivity contribution in [3.63, 3.8) is 0 Å². The topological polar surface area (TPSA) is 52.5 Å². The van der Waals surface area contributed by atoms with Crippen LogP contribution >= 0.6 is 0 Å². The van der Waals surface area contributed by atoms with Gasteiger partial charge in [0.2, 0.25) is 0 Å². The summed E-state index contributed by atoms with van der Waals surface area (Å²) >= 11 is 0. The third kappa shape index (κ3) is 5.28. The van der Waals surface area contributed by atoms with E-state index in [4.69, 9.17) is 5.11 Å². The van der Waals surface area contributed by atoms with Gasteiger partial charge < -0.3 is 15.5 Å². The fourth-order valence-electron chi connectivity index (χ4n) is 1.78. The first-order valence-corrected chi connectivity index (χ1v) is 6.35. The fourth-order valence-corrected chi connectivity index (χ4v) is 1.78. The smallest absolute Gasteiger partial charge is 0.0766 e. The minimum Gasteiger partial charge on any atom is -0.396 e. The first-order chi connectivity index (χ1) is 7.29. The molecule has 0 aromatic rings. The Morgan fingerprint density at radius 1 is 1.12 bits per heavy atom. The highest BCUT2D eigenvalue weighted by Gasteiger charge is 2.28. The molecule has 0 fully saturated rings. The highest BCUT2D eigenvalue weighted by molar-refractivity contribution is 4.85. The number of nitrogens with one attached hydrogen (secondary N) is 1. The molecule has 0 rings (SSSR count). The molecule has 0 aliphatic heterocycles. The molecule has 0 saturated carbocycles. The molecule has 0 bridgehead atoms. The molecule has 0 spiro atoms. The lowest BCUT2D eigenvalue weighted by Crippen LogP contribution is -2.48. The molecule has 1 atom stereocenters. The maximum absolute atomic E-state index is 10.2. The largest absolute Gasteiger partial charge is 0.396 e. The maximum atomic E-state index is 10.2. The minimum atomic E-state index is -0.612. The van der Waals surface area contributed by atoms with Crippen LogP contribution in [0.5, 0.6) is 0 Å². The first-order valence-electron chi connectivity index (χ1n) is 6.35. The molecule has 0 aliphatic rings. The van der Waals surface area contributed by atoms with Gasteiger partial charge in [-0.1, -0.05) is 34.6 Å². The summed E-state index contributed by atoms with van der Waals surface area (Å²) in [5.41, 5.74) is -0.510. The number of rotatable bonds is 7. The molecular formula is C13H29NO2. The van der Waals surface area contributed by atoms with Crippen LogP contribution in [0.1, 0.15) is 53.9 Å². The molecule has 0 saturated heterocycles. The number of hydrogen-bond donors (Lipinski definition) is 3. The van der Waals surface area contributed by atoms with Crippen molar-refractivity contribution < 1.29 is 10.2 Å². The third-order valence-corrected chi connectivity index (χ3v) is 3.46. The van der Waals surface area contributed by atoms with Crippen molar-refractivity contribution in [1.29, 1.82) is 0 Å². The number of hydrogen-bond acceptors (Lipinski definition) is 3. The van der Waals surface area contributed by atoms with Gasteiger partial charge in [-0.2, -0.15) is 0 Å². The molecular weight excluding hydrogens is 202 g/mol. The molecule has 0 amide bonds. The molecule has 0 aliphatic carbocycles. The Kier molecular flexibility index (Phi) is 6.53. The molecule has 3 nitrogen and oxygen atoms in total. The van der Waals surface area contributed by atoms with E-state index in [1.807, 2.05) is 13.8 Å². The zero-order chi connectivity index (χ0) is 12.8. The highest BCUT2D eigenvalue weighted by atomic mass is 16.3. The second-order valence-electron chi connectivity index (χ2n) is 5.74. The molecule has 0 aromatic carbocycles. The van der Waals surface area contributed by atoms with Gasteiger partial charge in [-0.25, -0.2) is 0 Å². The monoisotopic (exact) mass is 231 g/mol. The number of aliphatic hydroxyl groups is 2. The van der Waals surface area contributed by atoms with Gasteiger partial charge in [0.25, 0.3) is 0 Å². The van der Waals surface area contributed by atoms with Crippen LogP contribution in [-0.4, -0.2) is 35.0 Å². The second-order valence-corrected chi connectivity index (χ2v) is 5.74. The van der Waals surface area contributed by atoms with E-state index >= 15 is 0 Å². The first kappa shape index (κ1) is 15.9. The van der Waals surface area contributed by atoms with Gasteiger partial charge in [-0.15, -0.1) is 0 Å². The Morgan fingerprint density at radius 3 is 1.94 bits per heavy atom. The van der Waals surface area contributed by atoms with Gasteiger partial charge >= 0.3 is 0 Å². The van der Waals surface area contributed by atoms with Crippen LogP contribution in [-0.2, 0) is 0 Å². The summed E-state index contributed by atoms with van der Waals surface area (Å²) in [4.78, 5) is 0. The predicted molar refractivity (Wildman–Crippen MR) is 68.5 cm³/mol. The van der Waals surface area contributed by atoms with Crippen LogP contribution in [0.25, 0.3) is 0 Å². The van der Waals surface area contributed by atoms with E-state index in [0.717, 1.165) is 19.3 Å². The third-order valence-electron chi connectivity index (χ3n) is 3.46. The van der Waals surface area contributed by atoms with Crippen LogP contribution in [0.2, 0.25) is 0 Å². The van der Waals surface area contributed by atoms with Crippen LogP contribution in [0.4, 0.5) is 0 Å². The molecule has 3 heteroatoms. The summed E-state index contributed by atoms with van der Waals surface area (Å²) in [5, 5.41) is 22.6. The van der Waals surface area contributed by atoms with Gasteiger partial charge in [-0.3, -0.25) is 0 Å². The quantitative estimate of drug-likeness (QED) is 0.627. The van der Waals surface area contributed by atoms with Crippen LogP contribution < -0.4 is 5.32 Å². The van der Waals surface area contributed by atoms with E-state index in [9.17, 15) is 5.11 Å². The lowest BCUT2D eigenvalue weighted by atomic mass is 9.84. The maximum Gasteiger partial charge on any atom is 0.0766 e. The Morgan fingerprint density at radius 2 is 1.62 bits per heavy atom. The summed E-state index contributed by atoms with van der Waals surface area (Å²) in [6, 6.07) is 0.238. The van der Waals surface area contributed by atoms with Crippen molar-refractivity contribution in [1.82, 2.24) is 5.32 Å². The standard InChI is InChI=1S/C13H29NO2/c1-6-13(16,7-2)10-14-11(8-9-15)12(3,4)5/h11,14-16H,6-10H2,1-5H3. The van der Waals surface area contributed by atoms with Crippen molar-refractivity contribution in [3.8, 4) is 0 Å². The molecule has 0 radical (unpaired) electrons. The zero-order valence-electron chi connectivity index (χ0n) is 11.5. The van der Waals surface area contributed by atoms with E-state index < -0.39 is 5.60 Å². The zero-order valence-corrected chi connectivity index (χ0v) is 11.5. The van der Waals surface area contributed by atoms with Crippen LogP contribution in [0.15, 0.2) is 0 Å². The Hall–Kier alpha value is -0.120. The molecule has 0 aromatic heterocycles. The molecule has 3 N–H and O–H groups in total. The van der Waals surface area contributed by atoms with E-state index in [2.05, 4.69) is 26.1 Å². The van der Waals surface area contributed by atoms with Gasteiger partial charge in [0.05, 0.1) is 5.60 Å². The Labute approximate surface area is 100 Å². The van der Waals surface area contributed by atoms with Crippen molar-refractivity contribution >= 4 is 0 Å². The lowest BCUT2D eigenvalue weighted by molar-refractivity contribution is 0.0239. The summed E-state index contributed by atoms with van der Waals surface area (Å²) < 4.78 is 0. The lowest BCUT2D eigenvalue weighted by Gasteiger charge is -2.35. The fraction of sp³-hybridized carbons (Fsp3) is 1.00. The van der Waals surface area contributed by atoms with Crippen molar-refractivity contribution in [2.75, 3.05) is 13.2 Å². The van der Waals surface area contributed by atoms with Crippen LogP contribution in [0.3, 0.4) is 0 Å². The van der Waals surface area contributed by atoms with E-state index in [0.29, 0.717) is 6.54 Å². The summed E-state index contributed by atoms with van der Waals surface area (Å²) in [5.74, 6) is 0. The van der Waals surface area contributed by atoms with Crippen molar-refractivity contribution in [2.45, 2.75) is 65.5 Å². The van der Waals surface area contributed by atoms with Crippen LogP contribution in [0, 0.1) is 5.41 Å². The minimum absolute atomic E-state index is 0.102. The predicted octanol–water partition coefficient (Wildman–Crippen LogP) is 1.92. The molecule has 98 valence electrons. The van der Waals surface area contributed by atoms with Crippen molar-refractivity contribution in [3.05, 3.63) is 0 Å². The van der Waals surface area contributed by atoms with Gasteiger partial charge in [0.15, 0.2) is 0 Å². The van der Waals surface area contributed by atoms with Gasteiger partial charge in [-0.05, 0) is 24.7 Å². The molecule has 0 heterocycles. The average molecular weight is 231 g/mol. The average Bonchev–Trinajstić information content (AvgIpc) is 2.22. The van der Waals surface area contributed by atoms with E-state index in [1.165, 1.54) is 0 Å². The summed E-state index contributed by atoms with van der Waals surface area (Å²) in [6.07, 6.45) is 2.24. The Balaban J connectivity index is 4.32. The van der Waals surface area contributed by atoms with Gasteiger partial charge in [0.1, 0.15) is 0 Å².